The maximum absolute atomic E-state index is 13.3. The van der Waals surface area contributed by atoms with Gasteiger partial charge in [0.25, 0.3) is 0 Å². The van der Waals surface area contributed by atoms with Crippen LogP contribution in [-0.4, -0.2) is 71.3 Å². The van der Waals surface area contributed by atoms with E-state index in [9.17, 15) is 9.59 Å². The zero-order chi connectivity index (χ0) is 18.0. The highest BCUT2D eigenvalue weighted by molar-refractivity contribution is 5.93. The van der Waals surface area contributed by atoms with Crippen LogP contribution < -0.4 is 0 Å². The summed E-state index contributed by atoms with van der Waals surface area (Å²) in [5, 5.41) is 0. The first kappa shape index (κ1) is 18.4. The van der Waals surface area contributed by atoms with E-state index in [0.29, 0.717) is 12.0 Å². The van der Waals surface area contributed by atoms with E-state index >= 15 is 0 Å². The largest absolute Gasteiger partial charge is 0.341 e. The van der Waals surface area contributed by atoms with Gasteiger partial charge in [-0.2, -0.15) is 0 Å². The highest BCUT2D eigenvalue weighted by Gasteiger charge is 2.48. The lowest BCUT2D eigenvalue weighted by Crippen LogP contribution is -2.53. The molecular weight excluding hydrogens is 314 g/mol. The van der Waals surface area contributed by atoms with Gasteiger partial charge in [0, 0.05) is 32.2 Å². The SMILES string of the molecule is C=CC(=O)N1[C@H](C(=O)N(C)C2CCN(CC)CC2)C[C@@H]2CCCC[C@@H]21. The molecule has 2 saturated heterocycles. The maximum atomic E-state index is 13.3. The van der Waals surface area contributed by atoms with Crippen molar-refractivity contribution < 1.29 is 9.59 Å². The van der Waals surface area contributed by atoms with Crippen molar-refractivity contribution in [2.45, 2.75) is 70.0 Å². The van der Waals surface area contributed by atoms with Crippen LogP contribution in [0.3, 0.4) is 0 Å². The van der Waals surface area contributed by atoms with Gasteiger partial charge in [-0.15, -0.1) is 0 Å². The minimum atomic E-state index is -0.284. The molecule has 140 valence electrons. The summed E-state index contributed by atoms with van der Waals surface area (Å²) in [6.45, 7) is 9.06. The number of likely N-dealkylation sites (N-methyl/N-ethyl adjacent to an activating group) is 1. The summed E-state index contributed by atoms with van der Waals surface area (Å²) in [6, 6.07) is 0.259. The number of likely N-dealkylation sites (tertiary alicyclic amines) is 2. The fraction of sp³-hybridized carbons (Fsp3) is 0.800. The second-order valence-corrected chi connectivity index (χ2v) is 7.93. The number of carbonyl (C=O) groups excluding carboxylic acids is 2. The average Bonchev–Trinajstić information content (AvgIpc) is 3.05. The van der Waals surface area contributed by atoms with E-state index in [1.807, 2.05) is 16.8 Å². The van der Waals surface area contributed by atoms with Gasteiger partial charge in [-0.1, -0.05) is 26.3 Å². The fourth-order valence-corrected chi connectivity index (χ4v) is 5.14. The van der Waals surface area contributed by atoms with Crippen LogP contribution in [0.4, 0.5) is 0 Å². The maximum Gasteiger partial charge on any atom is 0.246 e. The predicted octanol–water partition coefficient (Wildman–Crippen LogP) is 2.27. The first-order valence-corrected chi connectivity index (χ1v) is 10.0. The summed E-state index contributed by atoms with van der Waals surface area (Å²) in [6.07, 6.45) is 8.85. The molecule has 0 spiro atoms. The van der Waals surface area contributed by atoms with Crippen molar-refractivity contribution in [1.82, 2.24) is 14.7 Å². The Balaban J connectivity index is 1.71. The molecule has 0 unspecified atom stereocenters. The van der Waals surface area contributed by atoms with Crippen molar-refractivity contribution in [2.75, 3.05) is 26.7 Å². The van der Waals surface area contributed by atoms with Gasteiger partial charge in [-0.05, 0) is 50.6 Å². The molecule has 0 aromatic rings. The van der Waals surface area contributed by atoms with Gasteiger partial charge >= 0.3 is 0 Å². The molecule has 0 radical (unpaired) electrons. The fourth-order valence-electron chi connectivity index (χ4n) is 5.14. The average molecular weight is 348 g/mol. The summed E-state index contributed by atoms with van der Waals surface area (Å²) in [5.41, 5.74) is 0. The number of fused-ring (bicyclic) bond motifs is 1. The Hall–Kier alpha value is -1.36. The quantitative estimate of drug-likeness (QED) is 0.733. The Morgan fingerprint density at radius 1 is 1.16 bits per heavy atom. The molecule has 3 atom stereocenters. The number of hydrogen-bond acceptors (Lipinski definition) is 3. The molecule has 2 heterocycles. The lowest BCUT2D eigenvalue weighted by molar-refractivity contribution is -0.144. The third-order valence-electron chi connectivity index (χ3n) is 6.70. The second kappa shape index (κ2) is 7.90. The summed E-state index contributed by atoms with van der Waals surface area (Å²) in [5.74, 6) is 0.559. The van der Waals surface area contributed by atoms with Gasteiger partial charge in [0.15, 0.2) is 0 Å². The van der Waals surface area contributed by atoms with E-state index < -0.39 is 0 Å². The zero-order valence-electron chi connectivity index (χ0n) is 15.8. The van der Waals surface area contributed by atoms with Crippen molar-refractivity contribution in [3.8, 4) is 0 Å². The van der Waals surface area contributed by atoms with Crippen LogP contribution in [0, 0.1) is 5.92 Å². The van der Waals surface area contributed by atoms with Gasteiger partial charge in [-0.3, -0.25) is 9.59 Å². The van der Waals surface area contributed by atoms with E-state index in [2.05, 4.69) is 18.4 Å². The molecule has 3 fully saturated rings. The molecule has 5 heteroatoms. The van der Waals surface area contributed by atoms with Crippen LogP contribution in [0.1, 0.15) is 51.9 Å². The summed E-state index contributed by atoms with van der Waals surface area (Å²) in [4.78, 5) is 32.0. The van der Waals surface area contributed by atoms with Crippen LogP contribution in [0.25, 0.3) is 0 Å². The molecule has 0 aromatic heterocycles. The third-order valence-corrected chi connectivity index (χ3v) is 6.70. The Labute approximate surface area is 152 Å². The van der Waals surface area contributed by atoms with Crippen LogP contribution in [0.2, 0.25) is 0 Å². The molecule has 0 bridgehead atoms. The van der Waals surface area contributed by atoms with Crippen LogP contribution in [0.15, 0.2) is 12.7 Å². The zero-order valence-corrected chi connectivity index (χ0v) is 15.8. The molecule has 2 amide bonds. The molecule has 0 N–H and O–H groups in total. The number of carbonyl (C=O) groups is 2. The van der Waals surface area contributed by atoms with Crippen molar-refractivity contribution in [3.05, 3.63) is 12.7 Å². The van der Waals surface area contributed by atoms with Gasteiger partial charge in [0.05, 0.1) is 0 Å². The van der Waals surface area contributed by atoms with Gasteiger partial charge in [-0.25, -0.2) is 0 Å². The van der Waals surface area contributed by atoms with E-state index in [4.69, 9.17) is 0 Å². The number of hydrogen-bond donors (Lipinski definition) is 0. The molecule has 0 aromatic carbocycles. The smallest absolute Gasteiger partial charge is 0.246 e. The van der Waals surface area contributed by atoms with Gasteiger partial charge in [0.2, 0.25) is 11.8 Å². The Bertz CT molecular complexity index is 513. The molecule has 2 aliphatic heterocycles. The van der Waals surface area contributed by atoms with E-state index in [1.54, 1.807) is 0 Å². The number of amides is 2. The second-order valence-electron chi connectivity index (χ2n) is 7.93. The summed E-state index contributed by atoms with van der Waals surface area (Å²) < 4.78 is 0. The minimum absolute atomic E-state index is 0.0676. The van der Waals surface area contributed by atoms with Crippen LogP contribution in [0.5, 0.6) is 0 Å². The van der Waals surface area contributed by atoms with Crippen molar-refractivity contribution in [1.29, 1.82) is 0 Å². The standard InChI is InChI=1S/C20H33N3O2/c1-4-19(24)23-17-9-7-6-8-15(17)14-18(23)20(25)21(3)16-10-12-22(5-2)13-11-16/h4,15-18H,1,5-14H2,2-3H3/t15-,17-,18-/m0/s1. The monoisotopic (exact) mass is 347 g/mol. The first-order chi connectivity index (χ1) is 12.1. The Kier molecular flexibility index (Phi) is 5.82. The van der Waals surface area contributed by atoms with E-state index in [1.165, 1.54) is 12.5 Å². The molecule has 1 saturated carbocycles. The molecule has 25 heavy (non-hydrogen) atoms. The van der Waals surface area contributed by atoms with Crippen LogP contribution >= 0.6 is 0 Å². The number of piperidine rings is 1. The van der Waals surface area contributed by atoms with Crippen LogP contribution in [-0.2, 0) is 9.59 Å². The number of nitrogens with zero attached hydrogens (tertiary/aromatic N) is 3. The van der Waals surface area contributed by atoms with Crippen molar-refractivity contribution in [2.24, 2.45) is 5.92 Å². The van der Waals surface area contributed by atoms with Gasteiger partial charge in [0.1, 0.15) is 6.04 Å². The van der Waals surface area contributed by atoms with E-state index in [-0.39, 0.29) is 23.9 Å². The first-order valence-electron chi connectivity index (χ1n) is 10.0. The number of rotatable bonds is 4. The molecule has 1 aliphatic carbocycles. The van der Waals surface area contributed by atoms with E-state index in [0.717, 1.165) is 58.2 Å². The molecule has 3 rings (SSSR count). The lowest BCUT2D eigenvalue weighted by Gasteiger charge is -2.39. The highest BCUT2D eigenvalue weighted by atomic mass is 16.2. The molecular formula is C20H33N3O2. The van der Waals surface area contributed by atoms with Gasteiger partial charge < -0.3 is 14.7 Å². The summed E-state index contributed by atoms with van der Waals surface area (Å²) >= 11 is 0. The Morgan fingerprint density at radius 3 is 2.48 bits per heavy atom. The lowest BCUT2D eigenvalue weighted by atomic mass is 9.84. The normalized spacial score (nSPS) is 30.8. The molecule has 3 aliphatic rings. The topological polar surface area (TPSA) is 43.9 Å². The van der Waals surface area contributed by atoms with Crippen molar-refractivity contribution >= 4 is 11.8 Å². The molecule has 5 nitrogen and oxygen atoms in total. The van der Waals surface area contributed by atoms with Crippen molar-refractivity contribution in [3.63, 3.8) is 0 Å². The predicted molar refractivity (Wildman–Crippen MR) is 99.1 cm³/mol. The summed E-state index contributed by atoms with van der Waals surface area (Å²) in [7, 11) is 1.94. The third kappa shape index (κ3) is 3.62. The highest BCUT2D eigenvalue weighted by Crippen LogP contribution is 2.40. The Morgan fingerprint density at radius 2 is 1.84 bits per heavy atom. The minimum Gasteiger partial charge on any atom is -0.341 e.